The maximum atomic E-state index is 14.3. The zero-order valence-corrected chi connectivity index (χ0v) is 38.6. The number of ether oxygens (including phenoxy) is 10. The van der Waals surface area contributed by atoms with E-state index in [1.165, 1.54) is 0 Å². The summed E-state index contributed by atoms with van der Waals surface area (Å²) in [5.74, 6) is -2.56. The first-order valence-corrected chi connectivity index (χ1v) is 22.9. The van der Waals surface area contributed by atoms with Gasteiger partial charge in [0.25, 0.3) is 0 Å². The van der Waals surface area contributed by atoms with Crippen LogP contribution in [0.4, 0.5) is 0 Å². The number of aliphatic hydroxyl groups excluding tert-OH is 1. The van der Waals surface area contributed by atoms with Crippen molar-refractivity contribution in [3.8, 4) is 0 Å². The Morgan fingerprint density at radius 3 is 2.31 bits per heavy atom. The molecule has 0 saturated carbocycles. The number of aliphatic hydroxyl groups is 2. The van der Waals surface area contributed by atoms with E-state index in [4.69, 9.17) is 47.4 Å². The Hall–Kier alpha value is -2.31. The van der Waals surface area contributed by atoms with Gasteiger partial charge in [-0.1, -0.05) is 64.2 Å². The minimum atomic E-state index is -1.83. The number of esters is 1. The third-order valence-corrected chi connectivity index (χ3v) is 14.3. The molecule has 6 aliphatic heterocycles. The van der Waals surface area contributed by atoms with Crippen LogP contribution in [0.5, 0.6) is 0 Å². The smallest absolute Gasteiger partial charge is 0.316 e. The summed E-state index contributed by atoms with van der Waals surface area (Å²) in [5, 5.41) is 27.0. The highest BCUT2D eigenvalue weighted by atomic mass is 16.7. The zero-order chi connectivity index (χ0) is 44.7. The van der Waals surface area contributed by atoms with Crippen LogP contribution in [0.25, 0.3) is 0 Å². The molecule has 14 nitrogen and oxygen atoms in total. The first-order valence-electron chi connectivity index (χ1n) is 22.9. The first-order chi connectivity index (χ1) is 29.5. The number of nitrogens with one attached hydrogen (secondary N) is 1. The summed E-state index contributed by atoms with van der Waals surface area (Å²) in [5.41, 5.74) is 0.176. The van der Waals surface area contributed by atoms with E-state index in [-0.39, 0.29) is 67.0 Å². The molecule has 0 radical (unpaired) electrons. The van der Waals surface area contributed by atoms with Crippen LogP contribution >= 0.6 is 0 Å². The van der Waals surface area contributed by atoms with Gasteiger partial charge in [0.2, 0.25) is 0 Å². The Bertz CT molecular complexity index is 1730. The quantitative estimate of drug-likeness (QED) is 0.215. The van der Waals surface area contributed by atoms with E-state index in [1.807, 2.05) is 39.1 Å². The number of carbonyl (C=O) groups is 1. The van der Waals surface area contributed by atoms with E-state index < -0.39 is 66.4 Å². The largest absolute Gasteiger partial charge is 0.462 e. The van der Waals surface area contributed by atoms with E-state index in [2.05, 4.69) is 52.1 Å². The molecule has 7 rings (SSSR count). The summed E-state index contributed by atoms with van der Waals surface area (Å²) in [6.45, 7) is 16.3. The van der Waals surface area contributed by atoms with Gasteiger partial charge in [-0.3, -0.25) is 4.79 Å². The zero-order valence-electron chi connectivity index (χ0n) is 38.6. The summed E-state index contributed by atoms with van der Waals surface area (Å²) in [6.07, 6.45) is 9.72. The Kier molecular flexibility index (Phi) is 15.1. The SMILES string of the molecule is CN[C@@H]1[C@@H](C)O[C@@H](O[C@H]2[C@H](C)O[C@@H](O[C@@H]3/C(C)=C\C[C@@H]4C[C@@H](C[C@]5(C=C[C@H](C)[C@@H](C(C)C)O5)O4)OC(=O)[C@@H]4C=C(C)[C@@H](O)[C@H]5OCC(=C/C=C\[C@@H]3C)[C@]54O)C[C@@H]2OC)C[C@H]1OC. The number of hydrogen-bond acceptors (Lipinski definition) is 14. The Labute approximate surface area is 368 Å². The van der Waals surface area contributed by atoms with Crippen molar-refractivity contribution in [1.29, 1.82) is 0 Å². The topological polar surface area (TPSA) is 162 Å². The van der Waals surface area contributed by atoms with Gasteiger partial charge in [0.1, 0.15) is 35.9 Å². The lowest BCUT2D eigenvalue weighted by atomic mass is 9.71. The van der Waals surface area contributed by atoms with Crippen LogP contribution in [0.2, 0.25) is 0 Å². The number of methoxy groups -OCH3 is 2. The Morgan fingerprint density at radius 2 is 1.60 bits per heavy atom. The predicted molar refractivity (Wildman–Crippen MR) is 230 cm³/mol. The van der Waals surface area contributed by atoms with Gasteiger partial charge >= 0.3 is 5.97 Å². The lowest BCUT2D eigenvalue weighted by Crippen LogP contribution is -2.58. The normalized spacial score (nSPS) is 47.9. The second-order valence-corrected chi connectivity index (χ2v) is 19.1. The van der Waals surface area contributed by atoms with Gasteiger partial charge in [-0.05, 0) is 69.9 Å². The molecule has 19 atom stereocenters. The van der Waals surface area contributed by atoms with Crippen molar-refractivity contribution < 1.29 is 62.4 Å². The van der Waals surface area contributed by atoms with Gasteiger partial charge in [-0.2, -0.15) is 0 Å². The minimum Gasteiger partial charge on any atom is -0.462 e. The maximum Gasteiger partial charge on any atom is 0.316 e. The summed E-state index contributed by atoms with van der Waals surface area (Å²) in [6, 6.07) is 0.0445. The van der Waals surface area contributed by atoms with Gasteiger partial charge < -0.3 is 62.9 Å². The molecule has 14 heteroatoms. The Morgan fingerprint density at radius 1 is 0.887 bits per heavy atom. The molecule has 6 heterocycles. The number of likely N-dealkylation sites (N-methyl/N-ethyl adjacent to an activating group) is 1. The fraction of sp³-hybridized carbons (Fsp3) is 0.771. The predicted octanol–water partition coefficient (Wildman–Crippen LogP) is 5.21. The number of fused-ring (bicyclic) bond motifs is 2. The Balaban J connectivity index is 1.17. The first kappa shape index (κ1) is 47.6. The molecule has 0 aromatic rings. The van der Waals surface area contributed by atoms with Crippen molar-refractivity contribution >= 4 is 5.97 Å². The molecule has 62 heavy (non-hydrogen) atoms. The molecule has 1 spiro atoms. The van der Waals surface area contributed by atoms with E-state index in [0.717, 1.165) is 5.57 Å². The van der Waals surface area contributed by atoms with Gasteiger partial charge in [0, 0.05) is 51.7 Å². The van der Waals surface area contributed by atoms with Crippen molar-refractivity contribution in [2.45, 2.75) is 185 Å². The molecule has 4 fully saturated rings. The maximum absolute atomic E-state index is 14.3. The van der Waals surface area contributed by atoms with Crippen molar-refractivity contribution in [2.75, 3.05) is 27.9 Å². The molecular weight excluding hydrogens is 799 g/mol. The molecule has 4 saturated heterocycles. The average Bonchev–Trinajstić information content (AvgIpc) is 3.57. The second-order valence-electron chi connectivity index (χ2n) is 19.1. The monoisotopic (exact) mass is 872 g/mol. The summed E-state index contributed by atoms with van der Waals surface area (Å²) in [7, 11) is 5.30. The van der Waals surface area contributed by atoms with E-state index in [9.17, 15) is 15.0 Å². The lowest BCUT2D eigenvalue weighted by Gasteiger charge is -2.48. The number of carbonyl (C=O) groups excluding carboxylic acids is 1. The van der Waals surface area contributed by atoms with Crippen LogP contribution in [-0.4, -0.2) is 141 Å². The van der Waals surface area contributed by atoms with E-state index in [0.29, 0.717) is 43.3 Å². The van der Waals surface area contributed by atoms with Crippen LogP contribution in [0.15, 0.2) is 59.3 Å². The van der Waals surface area contributed by atoms with Gasteiger partial charge in [-0.25, -0.2) is 0 Å². The van der Waals surface area contributed by atoms with Crippen molar-refractivity contribution in [3.63, 3.8) is 0 Å². The summed E-state index contributed by atoms with van der Waals surface area (Å²) in [4.78, 5) is 14.3. The number of allylic oxidation sites excluding steroid dienone is 2. The third kappa shape index (κ3) is 9.64. The molecule has 3 N–H and O–H groups in total. The molecule has 2 bridgehead atoms. The van der Waals surface area contributed by atoms with Crippen LogP contribution in [-0.2, 0) is 52.2 Å². The molecular formula is C48H73NO13. The molecule has 1 aliphatic carbocycles. The fourth-order valence-electron chi connectivity index (χ4n) is 10.9. The second kappa shape index (κ2) is 19.7. The van der Waals surface area contributed by atoms with Gasteiger partial charge in [0.05, 0.1) is 55.4 Å². The molecule has 0 amide bonds. The number of hydrogen-bond donors (Lipinski definition) is 3. The highest BCUT2D eigenvalue weighted by Gasteiger charge is 2.60. The third-order valence-electron chi connectivity index (χ3n) is 14.3. The van der Waals surface area contributed by atoms with Gasteiger partial charge in [-0.15, -0.1) is 0 Å². The minimum absolute atomic E-state index is 0.0407. The number of rotatable bonds is 8. The standard InChI is InChI=1S/C48H73NO13/c1-25(2)42-28(5)17-18-47(62-42)23-34-20-33(61-47)16-15-27(4)43(26(3)13-12-14-32-24-55-45-41(50)29(6)19-35(46(51)58-34)48(32,45)52)59-39-22-37(54-11)44(31(8)57-39)60-38-21-36(53-10)40(49-9)30(7)56-38/h12-15,17-19,25-26,28,30-31,33-45,49-50,52H,16,20-24H2,1-11H3/b13-12-,27-15-,32-14?/t26-,28-,30+,31-,33+,34-,35-,36+,37-,38-,39-,40+,41+,42+,43-,44-,45+,47+,48+/m0/s1. The molecule has 0 aromatic carbocycles. The average molecular weight is 872 g/mol. The lowest BCUT2D eigenvalue weighted by molar-refractivity contribution is -0.312. The van der Waals surface area contributed by atoms with E-state index in [1.54, 1.807) is 33.3 Å². The molecule has 0 unspecified atom stereocenters. The van der Waals surface area contributed by atoms with Crippen LogP contribution in [0.1, 0.15) is 87.5 Å². The van der Waals surface area contributed by atoms with Crippen molar-refractivity contribution in [2.24, 2.45) is 23.7 Å². The fourth-order valence-corrected chi connectivity index (χ4v) is 10.9. The van der Waals surface area contributed by atoms with Crippen molar-refractivity contribution in [3.05, 3.63) is 59.3 Å². The van der Waals surface area contributed by atoms with E-state index >= 15 is 0 Å². The van der Waals surface area contributed by atoms with Crippen LogP contribution in [0, 0.1) is 23.7 Å². The van der Waals surface area contributed by atoms with Gasteiger partial charge in [0.15, 0.2) is 18.4 Å². The molecule has 0 aromatic heterocycles. The summed E-state index contributed by atoms with van der Waals surface area (Å²) < 4.78 is 64.3. The molecule has 7 aliphatic rings. The summed E-state index contributed by atoms with van der Waals surface area (Å²) >= 11 is 0. The highest BCUT2D eigenvalue weighted by molar-refractivity contribution is 5.78. The van der Waals surface area contributed by atoms with Crippen LogP contribution < -0.4 is 5.32 Å². The highest BCUT2D eigenvalue weighted by Crippen LogP contribution is 2.47. The van der Waals surface area contributed by atoms with Crippen LogP contribution in [0.3, 0.4) is 0 Å². The van der Waals surface area contributed by atoms with Crippen molar-refractivity contribution in [1.82, 2.24) is 5.32 Å². The molecule has 348 valence electrons.